The third kappa shape index (κ3) is 8.84. The predicted octanol–water partition coefficient (Wildman–Crippen LogP) is 5.18. The van der Waals surface area contributed by atoms with Gasteiger partial charge >= 0.3 is 5.97 Å². The average Bonchev–Trinajstić information content (AvgIpc) is 3.39. The quantitative estimate of drug-likeness (QED) is 0.294. The van der Waals surface area contributed by atoms with Crippen LogP contribution in [-0.4, -0.2) is 85.7 Å². The molecule has 2 aromatic rings. The van der Waals surface area contributed by atoms with Gasteiger partial charge in [0.15, 0.2) is 9.84 Å². The van der Waals surface area contributed by atoms with Crippen LogP contribution in [0.2, 0.25) is 0 Å². The number of nitrogens with one attached hydrogen (secondary N) is 1. The van der Waals surface area contributed by atoms with Gasteiger partial charge in [-0.3, -0.25) is 9.69 Å². The minimum absolute atomic E-state index is 0.0197. The fourth-order valence-corrected chi connectivity index (χ4v) is 9.19. The van der Waals surface area contributed by atoms with Crippen molar-refractivity contribution in [1.82, 2.24) is 10.2 Å². The average molecular weight is 631 g/mol. The number of carboxylic acids is 1. The molecule has 0 aromatic heterocycles. The van der Waals surface area contributed by atoms with Gasteiger partial charge in [-0.25, -0.2) is 13.2 Å². The molecule has 4 rings (SSSR count). The molecule has 1 heterocycles. The number of rotatable bonds is 14. The van der Waals surface area contributed by atoms with Crippen molar-refractivity contribution in [3.05, 3.63) is 59.2 Å². The van der Waals surface area contributed by atoms with Gasteiger partial charge in [-0.1, -0.05) is 49.6 Å². The van der Waals surface area contributed by atoms with Crippen LogP contribution in [0.3, 0.4) is 0 Å². The monoisotopic (exact) mass is 630 g/mol. The van der Waals surface area contributed by atoms with Gasteiger partial charge in [-0.05, 0) is 84.9 Å². The van der Waals surface area contributed by atoms with Crippen LogP contribution in [0, 0.1) is 12.8 Å². The van der Waals surface area contributed by atoms with Crippen molar-refractivity contribution in [3.8, 4) is 11.1 Å². The minimum Gasteiger partial charge on any atom is -0.480 e. The van der Waals surface area contributed by atoms with E-state index in [-0.39, 0.29) is 17.7 Å². The molecule has 2 fully saturated rings. The third-order valence-corrected chi connectivity index (χ3v) is 11.8. The summed E-state index contributed by atoms with van der Waals surface area (Å²) in [4.78, 5) is 27.5. The number of sulfone groups is 1. The Kier molecular flexibility index (Phi) is 12.1. The molecule has 2 aliphatic rings. The number of nitrogens with zero attached hydrogens (tertiary/aromatic N) is 1. The molecule has 8 nitrogen and oxygen atoms in total. The van der Waals surface area contributed by atoms with Gasteiger partial charge in [-0.15, -0.1) is 0 Å². The zero-order valence-corrected chi connectivity index (χ0v) is 27.2. The normalized spacial score (nSPS) is 20.6. The van der Waals surface area contributed by atoms with Gasteiger partial charge in [0.2, 0.25) is 0 Å². The second-order valence-electron chi connectivity index (χ2n) is 12.1. The first-order valence-corrected chi connectivity index (χ1v) is 18.4. The molecule has 43 heavy (non-hydrogen) atoms. The number of hydrogen-bond donors (Lipinski definition) is 2. The Hall–Kier alpha value is -2.40. The number of ether oxygens (including phenoxy) is 1. The van der Waals surface area contributed by atoms with Gasteiger partial charge < -0.3 is 15.2 Å². The lowest BCUT2D eigenvalue weighted by atomic mass is 9.91. The second-order valence-corrected chi connectivity index (χ2v) is 15.4. The topological polar surface area (TPSA) is 113 Å². The van der Waals surface area contributed by atoms with Crippen molar-refractivity contribution < 1.29 is 27.9 Å². The van der Waals surface area contributed by atoms with Crippen LogP contribution in [0.4, 0.5) is 0 Å². The van der Waals surface area contributed by atoms with E-state index in [0.717, 1.165) is 47.9 Å². The fourth-order valence-electron chi connectivity index (χ4n) is 6.53. The molecule has 2 aromatic carbocycles. The Balaban J connectivity index is 1.59. The Labute approximate surface area is 260 Å². The molecule has 1 saturated carbocycles. The SMILES string of the molecule is COC[C@H]1C[C@H](S(=O)(=O)CC2CCCCC2)CN1Cc1ccc(C(=O)N[C@@H](CCSC)C(=O)O)c(-c2ccccc2C)c1. The highest BCUT2D eigenvalue weighted by molar-refractivity contribution is 7.98. The molecule has 0 spiro atoms. The van der Waals surface area contributed by atoms with Gasteiger partial charge in [0.25, 0.3) is 5.91 Å². The number of carboxylic acid groups (broad SMARTS) is 1. The number of aryl methyl sites for hydroxylation is 1. The molecule has 1 amide bonds. The fraction of sp³-hybridized carbons (Fsp3) is 0.576. The number of methoxy groups -OCH3 is 1. The number of aliphatic carboxylic acids is 1. The largest absolute Gasteiger partial charge is 0.480 e. The Bertz CT molecular complexity index is 1360. The van der Waals surface area contributed by atoms with E-state index in [2.05, 4.69) is 10.2 Å². The maximum Gasteiger partial charge on any atom is 0.326 e. The summed E-state index contributed by atoms with van der Waals surface area (Å²) in [6.45, 7) is 3.42. The van der Waals surface area contributed by atoms with Gasteiger partial charge in [-0.2, -0.15) is 11.8 Å². The lowest BCUT2D eigenvalue weighted by Crippen LogP contribution is -2.41. The third-order valence-electron chi connectivity index (χ3n) is 8.91. The number of thioether (sulfide) groups is 1. The summed E-state index contributed by atoms with van der Waals surface area (Å²) in [5, 5.41) is 12.0. The van der Waals surface area contributed by atoms with E-state index in [4.69, 9.17) is 4.74 Å². The number of carbonyl (C=O) groups is 2. The van der Waals surface area contributed by atoms with Crippen molar-refractivity contribution in [2.24, 2.45) is 5.92 Å². The lowest BCUT2D eigenvalue weighted by Gasteiger charge is -2.25. The first-order valence-electron chi connectivity index (χ1n) is 15.3. The maximum absolute atomic E-state index is 13.5. The van der Waals surface area contributed by atoms with Crippen LogP contribution in [0.15, 0.2) is 42.5 Å². The van der Waals surface area contributed by atoms with E-state index in [1.165, 1.54) is 18.2 Å². The van der Waals surface area contributed by atoms with Gasteiger partial charge in [0, 0.05) is 31.8 Å². The van der Waals surface area contributed by atoms with E-state index in [1.807, 2.05) is 49.6 Å². The summed E-state index contributed by atoms with van der Waals surface area (Å²) in [6, 6.07) is 12.5. The van der Waals surface area contributed by atoms with Crippen LogP contribution in [0.5, 0.6) is 0 Å². The molecule has 1 aliphatic heterocycles. The highest BCUT2D eigenvalue weighted by atomic mass is 32.2. The smallest absolute Gasteiger partial charge is 0.326 e. The van der Waals surface area contributed by atoms with Gasteiger partial charge in [0.05, 0.1) is 17.6 Å². The van der Waals surface area contributed by atoms with E-state index >= 15 is 0 Å². The molecule has 2 N–H and O–H groups in total. The number of likely N-dealkylation sites (tertiary alicyclic amines) is 1. The summed E-state index contributed by atoms with van der Waals surface area (Å²) in [5.74, 6) is -0.309. The van der Waals surface area contributed by atoms with E-state index in [0.29, 0.717) is 43.9 Å². The number of hydrogen-bond acceptors (Lipinski definition) is 7. The summed E-state index contributed by atoms with van der Waals surface area (Å²) >= 11 is 1.54. The molecule has 1 saturated heterocycles. The number of benzene rings is 2. The maximum atomic E-state index is 13.5. The predicted molar refractivity (Wildman–Crippen MR) is 173 cm³/mol. The van der Waals surface area contributed by atoms with E-state index < -0.39 is 33.0 Å². The molecule has 0 radical (unpaired) electrons. The first kappa shape index (κ1) is 33.5. The molecular weight excluding hydrogens is 585 g/mol. The van der Waals surface area contributed by atoms with Crippen LogP contribution >= 0.6 is 11.8 Å². The minimum atomic E-state index is -3.24. The van der Waals surface area contributed by atoms with Crippen molar-refractivity contribution in [2.75, 3.05) is 38.0 Å². The standard InChI is InChI=1S/C33H46N2O6S2/c1-23-9-7-8-12-28(23)30-17-25(13-14-29(30)32(36)34-31(33(37)38)15-16-42-3)19-35-20-27(18-26(35)21-41-2)43(39,40)22-24-10-5-4-6-11-24/h7-9,12-14,17,24,26-27,31H,4-6,10-11,15-16,18-22H2,1-3H3,(H,34,36)(H,37,38)/t26-,27+,31+/m1/s1. The van der Waals surface area contributed by atoms with E-state index in [1.54, 1.807) is 13.2 Å². The van der Waals surface area contributed by atoms with Crippen LogP contribution in [0.25, 0.3) is 11.1 Å². The summed E-state index contributed by atoms with van der Waals surface area (Å²) in [6.07, 6.45) is 8.24. The van der Waals surface area contributed by atoms with E-state index in [9.17, 15) is 23.1 Å². The molecule has 236 valence electrons. The van der Waals surface area contributed by atoms with Crippen molar-refractivity contribution >= 4 is 33.5 Å². The van der Waals surface area contributed by atoms with Crippen LogP contribution in [0.1, 0.15) is 66.4 Å². The Morgan fingerprint density at radius 2 is 1.86 bits per heavy atom. The lowest BCUT2D eigenvalue weighted by molar-refractivity contribution is -0.139. The summed E-state index contributed by atoms with van der Waals surface area (Å²) in [7, 11) is -1.59. The first-order chi connectivity index (χ1) is 20.6. The van der Waals surface area contributed by atoms with Crippen LogP contribution < -0.4 is 5.32 Å². The van der Waals surface area contributed by atoms with Crippen LogP contribution in [-0.2, 0) is 25.9 Å². The van der Waals surface area contributed by atoms with Crippen molar-refractivity contribution in [3.63, 3.8) is 0 Å². The second kappa shape index (κ2) is 15.5. The molecule has 1 aliphatic carbocycles. The summed E-state index contributed by atoms with van der Waals surface area (Å²) < 4.78 is 32.5. The van der Waals surface area contributed by atoms with Crippen molar-refractivity contribution in [1.29, 1.82) is 0 Å². The number of carbonyl (C=O) groups excluding carboxylic acids is 1. The van der Waals surface area contributed by atoms with Gasteiger partial charge in [0.1, 0.15) is 6.04 Å². The van der Waals surface area contributed by atoms with Crippen molar-refractivity contribution in [2.45, 2.75) is 75.7 Å². The summed E-state index contributed by atoms with van der Waals surface area (Å²) in [5.41, 5.74) is 3.99. The number of amides is 1. The highest BCUT2D eigenvalue weighted by Crippen LogP contribution is 2.33. The highest BCUT2D eigenvalue weighted by Gasteiger charge is 2.40. The zero-order valence-electron chi connectivity index (χ0n) is 25.6. The molecule has 0 bridgehead atoms. The molecule has 10 heteroatoms. The molecule has 3 atom stereocenters. The Morgan fingerprint density at radius 1 is 1.12 bits per heavy atom. The molecular formula is C33H46N2O6S2. The molecule has 0 unspecified atom stereocenters. The Morgan fingerprint density at radius 3 is 2.53 bits per heavy atom. The zero-order chi connectivity index (χ0) is 31.0.